The average Bonchev–Trinajstić information content (AvgIpc) is 3.08. The van der Waals surface area contributed by atoms with E-state index >= 15 is 0 Å². The Morgan fingerprint density at radius 3 is 2.48 bits per heavy atom. The van der Waals surface area contributed by atoms with Crippen molar-refractivity contribution in [3.63, 3.8) is 0 Å². The van der Waals surface area contributed by atoms with Crippen molar-refractivity contribution in [2.45, 2.75) is 6.92 Å². The third kappa shape index (κ3) is 4.50. The van der Waals surface area contributed by atoms with Crippen LogP contribution in [0.15, 0.2) is 69.9 Å². The lowest BCUT2D eigenvalue weighted by Crippen LogP contribution is -2.17. The Morgan fingerprint density at radius 2 is 1.76 bits per heavy atom. The number of halogens is 1. The van der Waals surface area contributed by atoms with Crippen molar-refractivity contribution in [2.75, 3.05) is 6.61 Å². The molecular weight excluding hydrogens is 412 g/mol. The number of ether oxygens (including phenoxy) is 2. The van der Waals surface area contributed by atoms with Crippen LogP contribution in [0.1, 0.15) is 5.56 Å². The molecule has 0 spiro atoms. The Bertz CT molecular complexity index is 1220. The van der Waals surface area contributed by atoms with E-state index in [-0.39, 0.29) is 6.61 Å². The summed E-state index contributed by atoms with van der Waals surface area (Å²) >= 11 is 6.91. The smallest absolute Gasteiger partial charge is 0.396 e. The molecule has 4 aromatic rings. The van der Waals surface area contributed by atoms with Crippen LogP contribution in [-0.4, -0.2) is 12.6 Å². The first-order chi connectivity index (χ1) is 14.0. The summed E-state index contributed by atoms with van der Waals surface area (Å²) in [7, 11) is 0. The fourth-order valence-electron chi connectivity index (χ4n) is 2.79. The molecule has 146 valence electrons. The number of esters is 1. The van der Waals surface area contributed by atoms with E-state index in [2.05, 4.69) is 0 Å². The Kier molecular flexibility index (Phi) is 5.38. The summed E-state index contributed by atoms with van der Waals surface area (Å²) < 4.78 is 16.8. The van der Waals surface area contributed by atoms with Crippen LogP contribution in [0.25, 0.3) is 21.4 Å². The summed E-state index contributed by atoms with van der Waals surface area (Å²) in [5.41, 5.74) is 2.97. The molecule has 0 atom stereocenters. The van der Waals surface area contributed by atoms with E-state index in [0.717, 1.165) is 22.5 Å². The van der Waals surface area contributed by atoms with Gasteiger partial charge in [-0.05, 0) is 42.8 Å². The molecule has 0 amide bonds. The van der Waals surface area contributed by atoms with Gasteiger partial charge in [-0.15, -0.1) is 0 Å². The van der Waals surface area contributed by atoms with Crippen molar-refractivity contribution in [2.24, 2.45) is 0 Å². The van der Waals surface area contributed by atoms with Gasteiger partial charge in [-0.1, -0.05) is 52.8 Å². The van der Waals surface area contributed by atoms with E-state index in [0.29, 0.717) is 32.4 Å². The highest BCUT2D eigenvalue weighted by Gasteiger charge is 2.15. The molecule has 5 nitrogen and oxygen atoms in total. The van der Waals surface area contributed by atoms with Gasteiger partial charge in [0.2, 0.25) is 0 Å². The predicted octanol–water partition coefficient (Wildman–Crippen LogP) is 5.47. The van der Waals surface area contributed by atoms with Crippen LogP contribution in [0.4, 0.5) is 0 Å². The zero-order valence-electron chi connectivity index (χ0n) is 15.3. The third-order valence-corrected chi connectivity index (χ3v) is 5.20. The van der Waals surface area contributed by atoms with Gasteiger partial charge >= 0.3 is 10.9 Å². The number of hydrogen-bond acceptors (Lipinski definition) is 6. The monoisotopic (exact) mass is 426 g/mol. The normalized spacial score (nSPS) is 10.8. The van der Waals surface area contributed by atoms with E-state index in [1.54, 1.807) is 48.5 Å². The SMILES string of the molecule is Cc1ccc(OCC(=O)Oc2cc(-c3ccc(Cl)cc3)c3oc(=O)sc3c2)cc1. The van der Waals surface area contributed by atoms with Crippen molar-refractivity contribution in [3.05, 3.63) is 81.0 Å². The maximum atomic E-state index is 12.2. The number of carbonyl (C=O) groups is 1. The molecule has 0 aliphatic rings. The molecule has 4 rings (SSSR count). The molecule has 0 aliphatic heterocycles. The Hall–Kier alpha value is -3.09. The molecule has 0 bridgehead atoms. The van der Waals surface area contributed by atoms with Crippen LogP contribution in [0.5, 0.6) is 11.5 Å². The minimum Gasteiger partial charge on any atom is -0.482 e. The first-order valence-corrected chi connectivity index (χ1v) is 9.91. The van der Waals surface area contributed by atoms with Gasteiger partial charge in [-0.3, -0.25) is 0 Å². The lowest BCUT2D eigenvalue weighted by Gasteiger charge is -2.09. The molecule has 1 heterocycles. The minimum absolute atomic E-state index is 0.237. The summed E-state index contributed by atoms with van der Waals surface area (Å²) in [5.74, 6) is 0.331. The molecule has 29 heavy (non-hydrogen) atoms. The van der Waals surface area contributed by atoms with Crippen LogP contribution in [0.3, 0.4) is 0 Å². The van der Waals surface area contributed by atoms with Gasteiger partial charge in [0.15, 0.2) is 12.2 Å². The lowest BCUT2D eigenvalue weighted by atomic mass is 10.0. The van der Waals surface area contributed by atoms with Crippen molar-refractivity contribution >= 4 is 39.2 Å². The number of benzene rings is 3. The second-order valence-corrected chi connectivity index (χ2v) is 7.75. The van der Waals surface area contributed by atoms with Gasteiger partial charge in [-0.25, -0.2) is 9.59 Å². The van der Waals surface area contributed by atoms with Gasteiger partial charge < -0.3 is 13.9 Å². The minimum atomic E-state index is -0.553. The molecule has 0 aliphatic carbocycles. The van der Waals surface area contributed by atoms with Gasteiger partial charge in [0.25, 0.3) is 0 Å². The zero-order chi connectivity index (χ0) is 20.4. The van der Waals surface area contributed by atoms with Crippen LogP contribution in [0, 0.1) is 6.92 Å². The summed E-state index contributed by atoms with van der Waals surface area (Å²) in [5, 5.41) is 0.590. The Balaban J connectivity index is 1.58. The molecule has 3 aromatic carbocycles. The summed E-state index contributed by atoms with van der Waals surface area (Å²) in [4.78, 5) is 23.6. The molecule has 0 N–H and O–H groups in total. The Labute approximate surface area is 175 Å². The molecule has 7 heteroatoms. The molecule has 0 saturated carbocycles. The van der Waals surface area contributed by atoms with Crippen LogP contribution >= 0.6 is 22.9 Å². The second-order valence-electron chi connectivity index (χ2n) is 6.33. The molecule has 0 unspecified atom stereocenters. The maximum absolute atomic E-state index is 12.2. The predicted molar refractivity (Wildman–Crippen MR) is 113 cm³/mol. The van der Waals surface area contributed by atoms with E-state index < -0.39 is 10.9 Å². The topological polar surface area (TPSA) is 65.7 Å². The Morgan fingerprint density at radius 1 is 1.03 bits per heavy atom. The largest absolute Gasteiger partial charge is 0.482 e. The quantitative estimate of drug-likeness (QED) is 0.313. The zero-order valence-corrected chi connectivity index (χ0v) is 16.9. The van der Waals surface area contributed by atoms with E-state index in [4.69, 9.17) is 25.5 Å². The van der Waals surface area contributed by atoms with E-state index in [1.165, 1.54) is 0 Å². The van der Waals surface area contributed by atoms with Crippen molar-refractivity contribution < 1.29 is 18.7 Å². The van der Waals surface area contributed by atoms with Crippen molar-refractivity contribution in [1.82, 2.24) is 0 Å². The number of aryl methyl sites for hydroxylation is 1. The maximum Gasteiger partial charge on any atom is 0.396 e. The highest BCUT2D eigenvalue weighted by molar-refractivity contribution is 7.16. The number of fused-ring (bicyclic) bond motifs is 1. The number of rotatable bonds is 5. The summed E-state index contributed by atoms with van der Waals surface area (Å²) in [6.45, 7) is 1.73. The first-order valence-electron chi connectivity index (χ1n) is 8.72. The van der Waals surface area contributed by atoms with Crippen molar-refractivity contribution in [1.29, 1.82) is 0 Å². The van der Waals surface area contributed by atoms with E-state index in [9.17, 15) is 9.59 Å². The van der Waals surface area contributed by atoms with Crippen LogP contribution in [0.2, 0.25) is 5.02 Å². The van der Waals surface area contributed by atoms with Crippen LogP contribution in [-0.2, 0) is 4.79 Å². The first kappa shape index (κ1) is 19.2. The summed E-state index contributed by atoms with van der Waals surface area (Å²) in [6, 6.07) is 17.7. The fraction of sp³-hybridized carbons (Fsp3) is 0.0909. The molecule has 0 saturated heterocycles. The molecule has 0 radical (unpaired) electrons. The van der Waals surface area contributed by atoms with Gasteiger partial charge in [0.05, 0.1) is 4.70 Å². The molecular formula is C22H15ClO5S. The van der Waals surface area contributed by atoms with Gasteiger partial charge in [0.1, 0.15) is 11.5 Å². The number of hydrogen-bond donors (Lipinski definition) is 0. The molecule has 0 fully saturated rings. The van der Waals surface area contributed by atoms with Gasteiger partial charge in [0, 0.05) is 16.7 Å². The van der Waals surface area contributed by atoms with Gasteiger partial charge in [-0.2, -0.15) is 0 Å². The van der Waals surface area contributed by atoms with Crippen molar-refractivity contribution in [3.8, 4) is 22.6 Å². The average molecular weight is 427 g/mol. The highest BCUT2D eigenvalue weighted by Crippen LogP contribution is 2.35. The highest BCUT2D eigenvalue weighted by atomic mass is 35.5. The lowest BCUT2D eigenvalue weighted by molar-refractivity contribution is -0.136. The van der Waals surface area contributed by atoms with E-state index in [1.807, 2.05) is 19.1 Å². The fourth-order valence-corrected chi connectivity index (χ4v) is 3.64. The van der Waals surface area contributed by atoms with Crippen LogP contribution < -0.4 is 14.4 Å². The molecule has 1 aromatic heterocycles. The third-order valence-electron chi connectivity index (χ3n) is 4.17. The second kappa shape index (κ2) is 8.11. The number of carbonyl (C=O) groups excluding carboxylic acids is 1. The standard InChI is InChI=1S/C22H15ClO5S/c1-13-2-8-16(9-3-13)26-12-20(24)27-17-10-18(14-4-6-15(23)7-5-14)21-19(11-17)29-22(25)28-21/h2-11H,12H2,1H3. The summed E-state index contributed by atoms with van der Waals surface area (Å²) in [6.07, 6.45) is 0.